The minimum Gasteiger partial charge on any atom is -0.393 e. The lowest BCUT2D eigenvalue weighted by Crippen LogP contribution is -2.08. The van der Waals surface area contributed by atoms with Crippen molar-refractivity contribution >= 4 is 11.6 Å². The minimum absolute atomic E-state index is 0.0331. The van der Waals surface area contributed by atoms with E-state index in [1.807, 2.05) is 0 Å². The zero-order valence-corrected chi connectivity index (χ0v) is 8.73. The van der Waals surface area contributed by atoms with E-state index in [1.165, 1.54) is 6.07 Å². The summed E-state index contributed by atoms with van der Waals surface area (Å²) < 4.78 is 36.8. The van der Waals surface area contributed by atoms with Crippen molar-refractivity contribution in [3.8, 4) is 0 Å². The van der Waals surface area contributed by atoms with E-state index in [4.69, 9.17) is 16.7 Å². The zero-order chi connectivity index (χ0) is 11.6. The molecule has 1 nitrogen and oxygen atoms in total. The highest BCUT2D eigenvalue weighted by Gasteiger charge is 2.30. The van der Waals surface area contributed by atoms with Gasteiger partial charge in [-0.15, -0.1) is 0 Å². The molecule has 1 atom stereocenters. The number of hydrogen-bond donors (Lipinski definition) is 1. The molecular formula is C10H10ClF3O. The van der Waals surface area contributed by atoms with Crippen LogP contribution < -0.4 is 0 Å². The van der Waals surface area contributed by atoms with E-state index in [1.54, 1.807) is 6.92 Å². The van der Waals surface area contributed by atoms with Crippen LogP contribution in [0, 0.1) is 0 Å². The molecule has 1 aromatic rings. The average Bonchev–Trinajstić information content (AvgIpc) is 2.05. The Bertz CT molecular complexity index is 347. The van der Waals surface area contributed by atoms with Crippen molar-refractivity contribution < 1.29 is 18.3 Å². The van der Waals surface area contributed by atoms with E-state index >= 15 is 0 Å². The molecule has 0 fully saturated rings. The first kappa shape index (κ1) is 12.3. The summed E-state index contributed by atoms with van der Waals surface area (Å²) in [7, 11) is 0. The van der Waals surface area contributed by atoms with Gasteiger partial charge in [-0.05, 0) is 31.0 Å². The third kappa shape index (κ3) is 3.39. The molecule has 0 aromatic heterocycles. The van der Waals surface area contributed by atoms with Gasteiger partial charge in [0.2, 0.25) is 0 Å². The second kappa shape index (κ2) is 4.41. The fourth-order valence-electron chi connectivity index (χ4n) is 1.21. The number of halogens is 4. The first-order valence-electron chi connectivity index (χ1n) is 4.34. The smallest absolute Gasteiger partial charge is 0.393 e. The van der Waals surface area contributed by atoms with Crippen molar-refractivity contribution in [1.82, 2.24) is 0 Å². The van der Waals surface area contributed by atoms with Crippen molar-refractivity contribution in [3.63, 3.8) is 0 Å². The number of benzene rings is 1. The zero-order valence-electron chi connectivity index (χ0n) is 7.98. The van der Waals surface area contributed by atoms with Gasteiger partial charge < -0.3 is 5.11 Å². The quantitative estimate of drug-likeness (QED) is 0.838. The van der Waals surface area contributed by atoms with Gasteiger partial charge in [0, 0.05) is 5.02 Å². The lowest BCUT2D eigenvalue weighted by molar-refractivity contribution is -0.137. The van der Waals surface area contributed by atoms with Gasteiger partial charge in [0.25, 0.3) is 0 Å². The summed E-state index contributed by atoms with van der Waals surface area (Å²) in [5.74, 6) is 0. The van der Waals surface area contributed by atoms with Gasteiger partial charge in [-0.25, -0.2) is 0 Å². The number of rotatable bonds is 2. The summed E-state index contributed by atoms with van der Waals surface area (Å²) in [6.45, 7) is 1.55. The maximum absolute atomic E-state index is 12.3. The molecule has 0 radical (unpaired) electrons. The Balaban J connectivity index is 2.98. The summed E-state index contributed by atoms with van der Waals surface area (Å²) in [5.41, 5.74) is -0.262. The highest BCUT2D eigenvalue weighted by molar-refractivity contribution is 6.31. The molecule has 0 aliphatic heterocycles. The van der Waals surface area contributed by atoms with E-state index < -0.39 is 17.8 Å². The number of aliphatic hydroxyl groups is 1. The molecule has 0 saturated carbocycles. The number of aliphatic hydroxyl groups excluding tert-OH is 1. The first-order valence-corrected chi connectivity index (χ1v) is 4.72. The Morgan fingerprint density at radius 2 is 2.00 bits per heavy atom. The predicted molar refractivity (Wildman–Crippen MR) is 51.8 cm³/mol. The van der Waals surface area contributed by atoms with E-state index in [0.29, 0.717) is 5.56 Å². The van der Waals surface area contributed by atoms with Gasteiger partial charge in [0.05, 0.1) is 11.7 Å². The largest absolute Gasteiger partial charge is 0.416 e. The lowest BCUT2D eigenvalue weighted by Gasteiger charge is -2.10. The van der Waals surface area contributed by atoms with Crippen LogP contribution in [0.25, 0.3) is 0 Å². The first-order chi connectivity index (χ1) is 6.80. The summed E-state index contributed by atoms with van der Waals surface area (Å²) in [5, 5.41) is 9.11. The van der Waals surface area contributed by atoms with Crippen LogP contribution in [-0.4, -0.2) is 11.2 Å². The molecule has 0 saturated heterocycles. The number of alkyl halides is 3. The van der Waals surface area contributed by atoms with E-state index in [0.717, 1.165) is 12.1 Å². The van der Waals surface area contributed by atoms with Gasteiger partial charge in [0.1, 0.15) is 0 Å². The molecule has 5 heteroatoms. The third-order valence-corrected chi connectivity index (χ3v) is 2.25. The molecular weight excluding hydrogens is 229 g/mol. The highest BCUT2D eigenvalue weighted by atomic mass is 35.5. The van der Waals surface area contributed by atoms with Crippen molar-refractivity contribution in [2.24, 2.45) is 0 Å². The minimum atomic E-state index is -4.38. The molecule has 0 aliphatic carbocycles. The molecule has 1 unspecified atom stereocenters. The molecule has 0 amide bonds. The van der Waals surface area contributed by atoms with E-state index in [9.17, 15) is 13.2 Å². The van der Waals surface area contributed by atoms with Crippen molar-refractivity contribution in [1.29, 1.82) is 0 Å². The van der Waals surface area contributed by atoms with Crippen LogP contribution in [0.15, 0.2) is 18.2 Å². The van der Waals surface area contributed by atoms with Gasteiger partial charge in [-0.1, -0.05) is 17.7 Å². The molecule has 0 bridgehead atoms. The van der Waals surface area contributed by atoms with Gasteiger partial charge >= 0.3 is 6.18 Å². The third-order valence-electron chi connectivity index (χ3n) is 1.90. The SMILES string of the molecule is CC(O)Cc1ccc(C(F)(F)F)cc1Cl. The van der Waals surface area contributed by atoms with Crippen molar-refractivity contribution in [3.05, 3.63) is 34.3 Å². The van der Waals surface area contributed by atoms with Gasteiger partial charge in [0.15, 0.2) is 0 Å². The maximum atomic E-state index is 12.3. The van der Waals surface area contributed by atoms with Crippen LogP contribution in [0.2, 0.25) is 5.02 Å². The average molecular weight is 239 g/mol. The molecule has 84 valence electrons. The Morgan fingerprint density at radius 3 is 2.40 bits per heavy atom. The van der Waals surface area contributed by atoms with Crippen LogP contribution in [0.5, 0.6) is 0 Å². The molecule has 1 aromatic carbocycles. The lowest BCUT2D eigenvalue weighted by atomic mass is 10.1. The Morgan fingerprint density at radius 1 is 1.40 bits per heavy atom. The molecule has 0 heterocycles. The molecule has 1 rings (SSSR count). The Labute approximate surface area is 90.5 Å². The highest BCUT2D eigenvalue weighted by Crippen LogP contribution is 2.32. The topological polar surface area (TPSA) is 20.2 Å². The van der Waals surface area contributed by atoms with E-state index in [2.05, 4.69) is 0 Å². The molecule has 0 aliphatic rings. The summed E-state index contributed by atoms with van der Waals surface area (Å²) in [6, 6.07) is 3.13. The molecule has 0 spiro atoms. The number of hydrogen-bond acceptors (Lipinski definition) is 1. The van der Waals surface area contributed by atoms with Crippen molar-refractivity contribution in [2.75, 3.05) is 0 Å². The summed E-state index contributed by atoms with van der Waals surface area (Å²) >= 11 is 5.67. The Kier molecular flexibility index (Phi) is 3.62. The molecule has 1 N–H and O–H groups in total. The van der Waals surface area contributed by atoms with Crippen LogP contribution in [0.1, 0.15) is 18.1 Å². The van der Waals surface area contributed by atoms with Crippen LogP contribution in [0.3, 0.4) is 0 Å². The second-order valence-electron chi connectivity index (χ2n) is 3.36. The second-order valence-corrected chi connectivity index (χ2v) is 3.76. The standard InChI is InChI=1S/C10H10ClF3O/c1-6(15)4-7-2-3-8(5-9(7)11)10(12,13)14/h2-3,5-6,15H,4H2,1H3. The van der Waals surface area contributed by atoms with E-state index in [-0.39, 0.29) is 11.4 Å². The van der Waals surface area contributed by atoms with Crippen LogP contribution in [0.4, 0.5) is 13.2 Å². The normalized spacial score (nSPS) is 14.0. The predicted octanol–water partition coefficient (Wildman–Crippen LogP) is 3.28. The van der Waals surface area contributed by atoms with Gasteiger partial charge in [-0.3, -0.25) is 0 Å². The summed E-state index contributed by atoms with van der Waals surface area (Å²) in [4.78, 5) is 0. The fourth-order valence-corrected chi connectivity index (χ4v) is 1.47. The van der Waals surface area contributed by atoms with Crippen LogP contribution in [-0.2, 0) is 12.6 Å². The van der Waals surface area contributed by atoms with Gasteiger partial charge in [-0.2, -0.15) is 13.2 Å². The summed E-state index contributed by atoms with van der Waals surface area (Å²) in [6.07, 6.45) is -4.76. The van der Waals surface area contributed by atoms with Crippen molar-refractivity contribution in [2.45, 2.75) is 25.6 Å². The fraction of sp³-hybridized carbons (Fsp3) is 0.400. The Hall–Kier alpha value is -0.740. The molecule has 15 heavy (non-hydrogen) atoms. The maximum Gasteiger partial charge on any atom is 0.416 e. The monoisotopic (exact) mass is 238 g/mol. The van der Waals surface area contributed by atoms with Crippen LogP contribution >= 0.6 is 11.6 Å².